The van der Waals surface area contributed by atoms with Crippen molar-refractivity contribution in [1.29, 1.82) is 0 Å². The average Bonchev–Trinajstić information content (AvgIpc) is 2.77. The molecule has 4 heteroatoms. The second kappa shape index (κ2) is 8.95. The van der Waals surface area contributed by atoms with E-state index in [4.69, 9.17) is 23.2 Å². The van der Waals surface area contributed by atoms with Crippen molar-refractivity contribution in [3.05, 3.63) is 125 Å². The van der Waals surface area contributed by atoms with E-state index in [1.54, 1.807) is 0 Å². The Kier molecular flexibility index (Phi) is 5.95. The first-order valence-electron chi connectivity index (χ1n) is 9.26. The van der Waals surface area contributed by atoms with Crippen LogP contribution in [0.3, 0.4) is 0 Å². The molecule has 0 amide bonds. The number of anilines is 1. The van der Waals surface area contributed by atoms with Crippen LogP contribution >= 0.6 is 23.2 Å². The van der Waals surface area contributed by atoms with E-state index in [-0.39, 0.29) is 0 Å². The lowest BCUT2D eigenvalue weighted by atomic mass is 10.1. The van der Waals surface area contributed by atoms with E-state index in [9.17, 15) is 0 Å². The zero-order valence-electron chi connectivity index (χ0n) is 15.6. The van der Waals surface area contributed by atoms with Gasteiger partial charge in [0.2, 0.25) is 0 Å². The molecule has 0 atom stereocenters. The van der Waals surface area contributed by atoms with Gasteiger partial charge in [-0.05, 0) is 72.8 Å². The third-order valence-corrected chi connectivity index (χ3v) is 4.98. The fourth-order valence-corrected chi connectivity index (χ4v) is 3.35. The van der Waals surface area contributed by atoms with Gasteiger partial charge in [0.1, 0.15) is 17.1 Å². The topological polar surface area (TPSA) is 15.0 Å². The Morgan fingerprint density at radius 3 is 1.62 bits per heavy atom. The summed E-state index contributed by atoms with van der Waals surface area (Å²) in [6, 6.07) is 36.0. The largest absolute Gasteiger partial charge is 0.292 e. The highest BCUT2D eigenvalue weighted by atomic mass is 35.5. The number of hydrogen-bond donors (Lipinski definition) is 1. The Bertz CT molecular complexity index is 1110. The predicted molar refractivity (Wildman–Crippen MR) is 125 cm³/mol. The van der Waals surface area contributed by atoms with Crippen molar-refractivity contribution in [2.45, 2.75) is 0 Å². The molecule has 1 N–H and O–H groups in total. The molecule has 0 aliphatic rings. The van der Waals surface area contributed by atoms with Gasteiger partial charge in [-0.3, -0.25) is 0 Å². The van der Waals surface area contributed by atoms with E-state index in [1.807, 2.05) is 84.9 Å². The van der Waals surface area contributed by atoms with Crippen LogP contribution in [0.15, 0.2) is 109 Å². The van der Waals surface area contributed by atoms with Crippen molar-refractivity contribution in [3.63, 3.8) is 0 Å². The number of halogens is 2. The standard InChI is InChI=1S/C25H18Cl2N2/c26-20-11-15-22(16-12-20)28-25(19-7-3-1-4-8-19)29(23-9-5-2-6-10-23)24-17-13-21(27)14-18-24/h1-18H/p+1. The van der Waals surface area contributed by atoms with E-state index in [0.29, 0.717) is 10.0 Å². The number of para-hydroxylation sites is 1. The Labute approximate surface area is 180 Å². The lowest BCUT2D eigenvalue weighted by molar-refractivity contribution is 1.07. The van der Waals surface area contributed by atoms with Crippen molar-refractivity contribution >= 4 is 46.1 Å². The van der Waals surface area contributed by atoms with Gasteiger partial charge in [0.15, 0.2) is 0 Å². The maximum atomic E-state index is 6.15. The molecule has 0 saturated carbocycles. The monoisotopic (exact) mass is 417 g/mol. The van der Waals surface area contributed by atoms with Gasteiger partial charge in [-0.1, -0.05) is 59.6 Å². The maximum absolute atomic E-state index is 6.15. The Balaban J connectivity index is 1.96. The first-order chi connectivity index (χ1) is 14.2. The smallest absolute Gasteiger partial charge is 0.240 e. The Morgan fingerprint density at radius 1 is 0.552 bits per heavy atom. The molecule has 0 unspecified atom stereocenters. The number of rotatable bonds is 4. The van der Waals surface area contributed by atoms with Gasteiger partial charge in [0, 0.05) is 10.0 Å². The first kappa shape index (κ1) is 19.3. The SMILES string of the molecule is Clc1ccc(NC(c2ccccc2)=[N+](c2ccccc2)c2ccc(Cl)cc2)cc1. The molecule has 0 heterocycles. The van der Waals surface area contributed by atoms with E-state index >= 15 is 0 Å². The zero-order chi connectivity index (χ0) is 20.1. The molecule has 2 nitrogen and oxygen atoms in total. The van der Waals surface area contributed by atoms with E-state index in [0.717, 1.165) is 28.5 Å². The van der Waals surface area contributed by atoms with Crippen LogP contribution in [0.1, 0.15) is 5.56 Å². The summed E-state index contributed by atoms with van der Waals surface area (Å²) in [6.45, 7) is 0. The van der Waals surface area contributed by atoms with Gasteiger partial charge in [-0.15, -0.1) is 0 Å². The van der Waals surface area contributed by atoms with E-state index in [1.165, 1.54) is 0 Å². The molecule has 0 radical (unpaired) electrons. The van der Waals surface area contributed by atoms with Crippen LogP contribution in [0, 0.1) is 0 Å². The summed E-state index contributed by atoms with van der Waals surface area (Å²) >= 11 is 12.2. The highest BCUT2D eigenvalue weighted by Gasteiger charge is 2.21. The van der Waals surface area contributed by atoms with Crippen LogP contribution in [-0.4, -0.2) is 5.84 Å². The van der Waals surface area contributed by atoms with Gasteiger partial charge in [0.05, 0.1) is 5.56 Å². The molecule has 0 fully saturated rings. The van der Waals surface area contributed by atoms with Crippen molar-refractivity contribution in [1.82, 2.24) is 4.58 Å². The summed E-state index contributed by atoms with van der Waals surface area (Å²) < 4.78 is 2.18. The minimum Gasteiger partial charge on any atom is -0.240 e. The van der Waals surface area contributed by atoms with Crippen LogP contribution in [-0.2, 0) is 0 Å². The van der Waals surface area contributed by atoms with Crippen LogP contribution in [0.4, 0.5) is 17.1 Å². The molecule has 0 bridgehead atoms. The molecular formula is C25H19Cl2N2+. The summed E-state index contributed by atoms with van der Waals surface area (Å²) in [5, 5.41) is 4.99. The molecule has 0 spiro atoms. The molecule has 4 rings (SSSR count). The maximum Gasteiger partial charge on any atom is 0.292 e. The fourth-order valence-electron chi connectivity index (χ4n) is 3.10. The normalized spacial score (nSPS) is 11.7. The van der Waals surface area contributed by atoms with Gasteiger partial charge < -0.3 is 0 Å². The molecule has 29 heavy (non-hydrogen) atoms. The third kappa shape index (κ3) is 4.68. The summed E-state index contributed by atoms with van der Waals surface area (Å²) in [4.78, 5) is 0. The summed E-state index contributed by atoms with van der Waals surface area (Å²) in [7, 11) is 0. The van der Waals surface area contributed by atoms with Gasteiger partial charge >= 0.3 is 0 Å². The molecule has 142 valence electrons. The zero-order valence-corrected chi connectivity index (χ0v) is 17.1. The lowest BCUT2D eigenvalue weighted by Gasteiger charge is -2.14. The number of hydrogen-bond acceptors (Lipinski definition) is 0. The molecule has 0 aliphatic heterocycles. The number of amidine groups is 1. The van der Waals surface area contributed by atoms with Crippen LogP contribution in [0.25, 0.3) is 0 Å². The molecule has 0 saturated heterocycles. The highest BCUT2D eigenvalue weighted by Crippen LogP contribution is 2.25. The van der Waals surface area contributed by atoms with Crippen LogP contribution < -0.4 is 9.89 Å². The number of nitrogens with zero attached hydrogens (tertiary/aromatic N) is 1. The lowest BCUT2D eigenvalue weighted by Crippen LogP contribution is -2.26. The fraction of sp³-hybridized carbons (Fsp3) is 0. The summed E-state index contributed by atoms with van der Waals surface area (Å²) in [5.41, 5.74) is 4.04. The first-order valence-corrected chi connectivity index (χ1v) is 10.0. The average molecular weight is 418 g/mol. The van der Waals surface area contributed by atoms with Crippen molar-refractivity contribution < 1.29 is 0 Å². The van der Waals surface area contributed by atoms with Gasteiger partial charge in [-0.25, -0.2) is 5.32 Å². The minimum absolute atomic E-state index is 0.702. The predicted octanol–water partition coefficient (Wildman–Crippen LogP) is 7.39. The van der Waals surface area contributed by atoms with Crippen molar-refractivity contribution in [2.75, 3.05) is 5.32 Å². The number of benzene rings is 4. The molecule has 4 aromatic carbocycles. The summed E-state index contributed by atoms with van der Waals surface area (Å²) in [6.07, 6.45) is 0. The highest BCUT2D eigenvalue weighted by molar-refractivity contribution is 6.31. The third-order valence-electron chi connectivity index (χ3n) is 4.48. The van der Waals surface area contributed by atoms with Crippen molar-refractivity contribution in [2.24, 2.45) is 0 Å². The van der Waals surface area contributed by atoms with Crippen LogP contribution in [0.5, 0.6) is 0 Å². The van der Waals surface area contributed by atoms with Crippen molar-refractivity contribution in [3.8, 4) is 0 Å². The second-order valence-electron chi connectivity index (χ2n) is 6.49. The van der Waals surface area contributed by atoms with E-state index in [2.05, 4.69) is 34.2 Å². The molecule has 0 aliphatic carbocycles. The minimum atomic E-state index is 0.702. The number of nitrogens with one attached hydrogen (secondary N) is 1. The summed E-state index contributed by atoms with van der Waals surface area (Å²) in [5.74, 6) is 0.932. The molecule has 4 aromatic rings. The van der Waals surface area contributed by atoms with Gasteiger partial charge in [0.25, 0.3) is 5.84 Å². The molecule has 0 aromatic heterocycles. The molecular weight excluding hydrogens is 399 g/mol. The van der Waals surface area contributed by atoms with Crippen LogP contribution in [0.2, 0.25) is 10.0 Å². The second-order valence-corrected chi connectivity index (χ2v) is 7.37. The Hall–Kier alpha value is -3.07. The van der Waals surface area contributed by atoms with E-state index < -0.39 is 0 Å². The van der Waals surface area contributed by atoms with Gasteiger partial charge in [-0.2, -0.15) is 4.58 Å². The Morgan fingerprint density at radius 2 is 1.03 bits per heavy atom. The quantitative estimate of drug-likeness (QED) is 0.207.